The second-order valence-electron chi connectivity index (χ2n) is 8.18. The number of hydrogen-bond donors (Lipinski definition) is 3. The number of aromatic amines is 1. The van der Waals surface area contributed by atoms with Crippen LogP contribution in [-0.4, -0.2) is 36.3 Å². The van der Waals surface area contributed by atoms with Crippen LogP contribution in [0.4, 0.5) is 5.82 Å². The van der Waals surface area contributed by atoms with Crippen molar-refractivity contribution < 1.29 is 5.11 Å². The monoisotopic (exact) mass is 372 g/mol. The van der Waals surface area contributed by atoms with Gasteiger partial charge in [-0.2, -0.15) is 10.2 Å². The highest BCUT2D eigenvalue weighted by molar-refractivity contribution is 5.97. The van der Waals surface area contributed by atoms with Crippen molar-refractivity contribution in [2.45, 2.75) is 46.1 Å². The summed E-state index contributed by atoms with van der Waals surface area (Å²) in [5.74, 6) is 0.460. The molecule has 4 N–H and O–H groups in total. The quantitative estimate of drug-likeness (QED) is 0.635. The van der Waals surface area contributed by atoms with E-state index < -0.39 is 5.41 Å². The zero-order valence-electron chi connectivity index (χ0n) is 16.7. The Hall–Kier alpha value is -2.61. The largest absolute Gasteiger partial charge is 0.395 e. The molecule has 0 aliphatic carbocycles. The molecule has 0 amide bonds. The van der Waals surface area contributed by atoms with Gasteiger partial charge in [0.2, 0.25) is 0 Å². The van der Waals surface area contributed by atoms with Crippen LogP contribution in [0, 0.1) is 5.92 Å². The summed E-state index contributed by atoms with van der Waals surface area (Å²) >= 11 is 0. The van der Waals surface area contributed by atoms with Crippen molar-refractivity contribution in [3.63, 3.8) is 0 Å². The third-order valence-corrected chi connectivity index (χ3v) is 5.43. The van der Waals surface area contributed by atoms with Gasteiger partial charge in [-0.3, -0.25) is 14.6 Å². The van der Waals surface area contributed by atoms with Gasteiger partial charge in [0.25, 0.3) is 5.56 Å². The van der Waals surface area contributed by atoms with E-state index in [2.05, 4.69) is 29.1 Å². The lowest BCUT2D eigenvalue weighted by Gasteiger charge is -2.21. The molecule has 3 aromatic heterocycles. The Bertz CT molecular complexity index is 1040. The lowest BCUT2D eigenvalue weighted by molar-refractivity contribution is 0.211. The number of hydrogen-bond acceptors (Lipinski definition) is 5. The minimum absolute atomic E-state index is 0.00225. The molecule has 0 bridgehead atoms. The molecule has 0 aliphatic rings. The highest BCUT2D eigenvalue weighted by Gasteiger charge is 2.26. The molecule has 146 valence electrons. The van der Waals surface area contributed by atoms with E-state index in [0.717, 1.165) is 11.3 Å². The fourth-order valence-corrected chi connectivity index (χ4v) is 3.29. The smallest absolute Gasteiger partial charge is 0.264 e. The number of aromatic nitrogens is 5. The van der Waals surface area contributed by atoms with E-state index in [1.165, 1.54) is 0 Å². The Labute approximate surface area is 158 Å². The van der Waals surface area contributed by atoms with E-state index in [1.807, 2.05) is 40.1 Å². The van der Waals surface area contributed by atoms with E-state index in [0.29, 0.717) is 16.6 Å². The van der Waals surface area contributed by atoms with Crippen LogP contribution in [0.25, 0.3) is 22.2 Å². The molecule has 1 atom stereocenters. The van der Waals surface area contributed by atoms with Crippen LogP contribution in [0.15, 0.2) is 17.1 Å². The number of nitrogens with one attached hydrogen (secondary N) is 1. The van der Waals surface area contributed by atoms with Crippen molar-refractivity contribution in [2.24, 2.45) is 13.0 Å². The van der Waals surface area contributed by atoms with Gasteiger partial charge in [0.05, 0.1) is 17.8 Å². The SMILES string of the molecule is CC(C)[C@H](C)n1cc(-c2cc(C(C)(C)CO)n(C)n2)c2[nH]nc(N)c2c1=O. The molecule has 0 radical (unpaired) electrons. The molecule has 8 nitrogen and oxygen atoms in total. The second-order valence-corrected chi connectivity index (χ2v) is 8.18. The Morgan fingerprint density at radius 1 is 1.33 bits per heavy atom. The predicted molar refractivity (Wildman–Crippen MR) is 107 cm³/mol. The number of fused-ring (bicyclic) bond motifs is 1. The van der Waals surface area contributed by atoms with Crippen molar-refractivity contribution in [1.82, 2.24) is 24.5 Å². The van der Waals surface area contributed by atoms with Crippen molar-refractivity contribution >= 4 is 16.7 Å². The van der Waals surface area contributed by atoms with Gasteiger partial charge < -0.3 is 15.4 Å². The van der Waals surface area contributed by atoms with Crippen molar-refractivity contribution in [1.29, 1.82) is 0 Å². The predicted octanol–water partition coefficient (Wildman–Crippen LogP) is 2.19. The molecule has 3 aromatic rings. The number of aryl methyl sites for hydroxylation is 1. The zero-order chi connectivity index (χ0) is 20.1. The van der Waals surface area contributed by atoms with E-state index >= 15 is 0 Å². The number of anilines is 1. The van der Waals surface area contributed by atoms with Crippen molar-refractivity contribution in [2.75, 3.05) is 12.3 Å². The summed E-state index contributed by atoms with van der Waals surface area (Å²) in [5, 5.41) is 21.7. The van der Waals surface area contributed by atoms with Gasteiger partial charge >= 0.3 is 0 Å². The van der Waals surface area contributed by atoms with Crippen LogP contribution < -0.4 is 11.3 Å². The number of H-pyrrole nitrogens is 1. The normalized spacial score (nSPS) is 13.6. The fraction of sp³-hybridized carbons (Fsp3) is 0.526. The van der Waals surface area contributed by atoms with Gasteiger partial charge in [0.15, 0.2) is 5.82 Å². The first-order valence-corrected chi connectivity index (χ1v) is 9.13. The summed E-state index contributed by atoms with van der Waals surface area (Å²) in [5.41, 5.74) is 8.32. The molecular weight excluding hydrogens is 344 g/mol. The van der Waals surface area contributed by atoms with Gasteiger partial charge in [-0.25, -0.2) is 0 Å². The van der Waals surface area contributed by atoms with Gasteiger partial charge in [0.1, 0.15) is 5.39 Å². The highest BCUT2D eigenvalue weighted by atomic mass is 16.3. The van der Waals surface area contributed by atoms with Crippen LogP contribution in [0.5, 0.6) is 0 Å². The zero-order valence-corrected chi connectivity index (χ0v) is 16.7. The van der Waals surface area contributed by atoms with Gasteiger partial charge in [0, 0.05) is 36.0 Å². The molecule has 0 fully saturated rings. The maximum Gasteiger partial charge on any atom is 0.264 e. The van der Waals surface area contributed by atoms with E-state index in [1.54, 1.807) is 9.25 Å². The molecule has 3 heterocycles. The first-order chi connectivity index (χ1) is 12.6. The summed E-state index contributed by atoms with van der Waals surface area (Å²) < 4.78 is 3.47. The molecule has 0 unspecified atom stereocenters. The molecule has 3 rings (SSSR count). The molecule has 8 heteroatoms. The summed E-state index contributed by atoms with van der Waals surface area (Å²) in [6.45, 7) is 10.1. The summed E-state index contributed by atoms with van der Waals surface area (Å²) in [6, 6.07) is 1.93. The standard InChI is InChI=1S/C19H28N6O2/c1-10(2)11(3)25-8-12(16-15(18(25)27)17(20)22-21-16)13-7-14(24(6)23-13)19(4,5)9-26/h7-8,10-11,26H,9H2,1-6H3,(H3,20,21,22)/t11-/m0/s1. The van der Waals surface area contributed by atoms with Gasteiger partial charge in [-0.1, -0.05) is 27.7 Å². The van der Waals surface area contributed by atoms with Crippen molar-refractivity contribution in [3.05, 3.63) is 28.3 Å². The van der Waals surface area contributed by atoms with E-state index in [4.69, 9.17) is 5.73 Å². The van der Waals surface area contributed by atoms with E-state index in [-0.39, 0.29) is 29.9 Å². The molecule has 27 heavy (non-hydrogen) atoms. The Morgan fingerprint density at radius 3 is 2.59 bits per heavy atom. The highest BCUT2D eigenvalue weighted by Crippen LogP contribution is 2.32. The molecular formula is C19H28N6O2. The summed E-state index contributed by atoms with van der Waals surface area (Å²) in [4.78, 5) is 13.0. The number of aliphatic hydroxyl groups is 1. The third-order valence-electron chi connectivity index (χ3n) is 5.43. The van der Waals surface area contributed by atoms with Crippen LogP contribution >= 0.6 is 0 Å². The lowest BCUT2D eigenvalue weighted by atomic mass is 9.90. The first kappa shape index (κ1) is 19.2. The number of nitrogens with two attached hydrogens (primary N) is 1. The van der Waals surface area contributed by atoms with Crippen LogP contribution in [0.2, 0.25) is 0 Å². The van der Waals surface area contributed by atoms with Crippen molar-refractivity contribution in [3.8, 4) is 11.3 Å². The summed E-state index contributed by atoms with van der Waals surface area (Å²) in [7, 11) is 1.85. The van der Waals surface area contributed by atoms with Crippen LogP contribution in [-0.2, 0) is 12.5 Å². The Kier molecular flexibility index (Phi) is 4.63. The average Bonchev–Trinajstić information content (AvgIpc) is 3.19. The number of pyridine rings is 1. The lowest BCUT2D eigenvalue weighted by Crippen LogP contribution is -2.26. The maximum absolute atomic E-state index is 13.0. The Balaban J connectivity index is 2.31. The maximum atomic E-state index is 13.0. The van der Waals surface area contributed by atoms with Crippen LogP contribution in [0.1, 0.15) is 46.4 Å². The summed E-state index contributed by atoms with van der Waals surface area (Å²) in [6.07, 6.45) is 1.82. The molecule has 0 aromatic carbocycles. The van der Waals surface area contributed by atoms with Gasteiger partial charge in [-0.05, 0) is 18.9 Å². The minimum atomic E-state index is -0.439. The minimum Gasteiger partial charge on any atom is -0.395 e. The topological polar surface area (TPSA) is 115 Å². The number of nitrogen functional groups attached to an aromatic ring is 1. The molecule has 0 saturated heterocycles. The third kappa shape index (κ3) is 3.03. The number of rotatable bonds is 5. The van der Waals surface area contributed by atoms with E-state index in [9.17, 15) is 9.90 Å². The molecule has 0 spiro atoms. The number of aliphatic hydroxyl groups excluding tert-OH is 1. The molecule has 0 saturated carbocycles. The first-order valence-electron chi connectivity index (χ1n) is 9.13. The van der Waals surface area contributed by atoms with Crippen LogP contribution in [0.3, 0.4) is 0 Å². The van der Waals surface area contributed by atoms with Gasteiger partial charge in [-0.15, -0.1) is 0 Å². The average molecular weight is 372 g/mol. The Morgan fingerprint density at radius 2 is 2.00 bits per heavy atom. The fourth-order valence-electron chi connectivity index (χ4n) is 3.29. The number of nitrogens with zero attached hydrogens (tertiary/aromatic N) is 4. The molecule has 0 aliphatic heterocycles. The second kappa shape index (κ2) is 6.53.